The smallest absolute Gasteiger partial charge is 0.256 e. The van der Waals surface area contributed by atoms with E-state index in [1.54, 1.807) is 42.1 Å². The minimum absolute atomic E-state index is 0.287. The second-order valence-corrected chi connectivity index (χ2v) is 7.28. The molecule has 0 atom stereocenters. The number of benzene rings is 3. The summed E-state index contributed by atoms with van der Waals surface area (Å²) in [7, 11) is 1.63. The number of fused-ring (bicyclic) bond motifs is 1. The van der Waals surface area contributed by atoms with Gasteiger partial charge in [0.2, 0.25) is 0 Å². The Morgan fingerprint density at radius 1 is 0.848 bits per heavy atom. The number of methoxy groups -OCH3 is 1. The molecule has 0 unspecified atom stereocenters. The number of hydrogen-bond acceptors (Lipinski definition) is 5. The molecule has 0 bridgehead atoms. The lowest BCUT2D eigenvalue weighted by atomic mass is 10.1. The molecule has 0 spiro atoms. The van der Waals surface area contributed by atoms with E-state index in [9.17, 15) is 4.79 Å². The van der Waals surface area contributed by atoms with Crippen molar-refractivity contribution >= 4 is 17.4 Å². The molecule has 5 rings (SSSR count). The van der Waals surface area contributed by atoms with Crippen molar-refractivity contribution in [3.63, 3.8) is 0 Å². The molecule has 0 aliphatic rings. The van der Waals surface area contributed by atoms with Gasteiger partial charge in [0.25, 0.3) is 5.91 Å². The fraction of sp³-hybridized carbons (Fsp3) is 0.0385. The first-order chi connectivity index (χ1) is 16.2. The van der Waals surface area contributed by atoms with Crippen LogP contribution >= 0.6 is 0 Å². The SMILES string of the molecule is COc1cccc(-c2ccc3nc(NC(=O)c4cccc(Oc5ccccc5)c4)cn3n2)c1. The van der Waals surface area contributed by atoms with Crippen LogP contribution in [0.25, 0.3) is 16.9 Å². The van der Waals surface area contributed by atoms with E-state index in [1.165, 1.54) is 0 Å². The molecule has 162 valence electrons. The molecule has 2 aromatic heterocycles. The fourth-order valence-electron chi connectivity index (χ4n) is 3.39. The first-order valence-electron chi connectivity index (χ1n) is 10.3. The van der Waals surface area contributed by atoms with E-state index in [2.05, 4.69) is 15.4 Å². The molecule has 0 aliphatic heterocycles. The average Bonchev–Trinajstić information content (AvgIpc) is 3.26. The highest BCUT2D eigenvalue weighted by atomic mass is 16.5. The van der Waals surface area contributed by atoms with Crippen LogP contribution in [0.1, 0.15) is 10.4 Å². The lowest BCUT2D eigenvalue weighted by molar-refractivity contribution is 0.102. The van der Waals surface area contributed by atoms with E-state index in [4.69, 9.17) is 9.47 Å². The minimum Gasteiger partial charge on any atom is -0.497 e. The number of hydrogen-bond donors (Lipinski definition) is 1. The highest BCUT2D eigenvalue weighted by Gasteiger charge is 2.12. The van der Waals surface area contributed by atoms with Crippen molar-refractivity contribution in [2.75, 3.05) is 12.4 Å². The second kappa shape index (κ2) is 8.84. The minimum atomic E-state index is -0.287. The highest BCUT2D eigenvalue weighted by molar-refractivity contribution is 6.04. The second-order valence-electron chi connectivity index (χ2n) is 7.28. The summed E-state index contributed by atoms with van der Waals surface area (Å²) in [5, 5.41) is 7.44. The number of ether oxygens (including phenoxy) is 2. The van der Waals surface area contributed by atoms with Crippen molar-refractivity contribution in [3.8, 4) is 28.5 Å². The maximum absolute atomic E-state index is 12.8. The topological polar surface area (TPSA) is 77.8 Å². The monoisotopic (exact) mass is 436 g/mol. The van der Waals surface area contributed by atoms with Crippen LogP contribution in [-0.2, 0) is 0 Å². The van der Waals surface area contributed by atoms with Gasteiger partial charge in [-0.25, -0.2) is 9.50 Å². The van der Waals surface area contributed by atoms with Gasteiger partial charge >= 0.3 is 0 Å². The zero-order chi connectivity index (χ0) is 22.6. The summed E-state index contributed by atoms with van der Waals surface area (Å²) >= 11 is 0. The molecule has 7 nitrogen and oxygen atoms in total. The quantitative estimate of drug-likeness (QED) is 0.383. The molecular weight excluding hydrogens is 416 g/mol. The summed E-state index contributed by atoms with van der Waals surface area (Å²) in [6.07, 6.45) is 1.68. The number of imidazole rings is 1. The standard InChI is InChI=1S/C26H20N4O3/c1-32-21-11-5-7-18(15-21)23-13-14-25-27-24(17-30(25)29-23)28-26(31)19-8-6-12-22(16-19)33-20-9-3-2-4-10-20/h2-17H,1H3,(H,28,31). The maximum atomic E-state index is 12.8. The zero-order valence-corrected chi connectivity index (χ0v) is 17.8. The normalized spacial score (nSPS) is 10.7. The summed E-state index contributed by atoms with van der Waals surface area (Å²) in [4.78, 5) is 17.3. The van der Waals surface area contributed by atoms with Gasteiger partial charge in [-0.3, -0.25) is 4.79 Å². The van der Waals surface area contributed by atoms with Crippen LogP contribution < -0.4 is 14.8 Å². The number of carbonyl (C=O) groups is 1. The van der Waals surface area contributed by atoms with Crippen molar-refractivity contribution in [1.82, 2.24) is 14.6 Å². The van der Waals surface area contributed by atoms with Crippen LogP contribution in [-0.4, -0.2) is 27.6 Å². The third-order valence-electron chi connectivity index (χ3n) is 5.00. The van der Waals surface area contributed by atoms with E-state index in [-0.39, 0.29) is 5.91 Å². The Bertz CT molecular complexity index is 1430. The van der Waals surface area contributed by atoms with Gasteiger partial charge in [0.05, 0.1) is 19.0 Å². The summed E-state index contributed by atoms with van der Waals surface area (Å²) in [6.45, 7) is 0. The molecule has 2 heterocycles. The predicted molar refractivity (Wildman–Crippen MR) is 126 cm³/mol. The molecule has 1 amide bonds. The molecule has 7 heteroatoms. The number of anilines is 1. The molecule has 0 aliphatic carbocycles. The summed E-state index contributed by atoms with van der Waals surface area (Å²) in [6, 6.07) is 27.8. The van der Waals surface area contributed by atoms with Crippen molar-refractivity contribution in [2.24, 2.45) is 0 Å². The molecule has 3 aromatic carbocycles. The number of amides is 1. The van der Waals surface area contributed by atoms with Gasteiger partial charge in [-0.15, -0.1) is 0 Å². The molecular formula is C26H20N4O3. The Kier molecular flexibility index (Phi) is 5.43. The maximum Gasteiger partial charge on any atom is 0.256 e. The van der Waals surface area contributed by atoms with Gasteiger partial charge in [0, 0.05) is 11.1 Å². The Balaban J connectivity index is 1.35. The largest absolute Gasteiger partial charge is 0.497 e. The van der Waals surface area contributed by atoms with Gasteiger partial charge in [-0.2, -0.15) is 5.10 Å². The number of para-hydroxylation sites is 1. The van der Waals surface area contributed by atoms with E-state index in [0.717, 1.165) is 17.0 Å². The van der Waals surface area contributed by atoms with E-state index in [0.29, 0.717) is 28.5 Å². The average molecular weight is 436 g/mol. The van der Waals surface area contributed by atoms with Crippen LogP contribution in [0.2, 0.25) is 0 Å². The third-order valence-corrected chi connectivity index (χ3v) is 5.00. The highest BCUT2D eigenvalue weighted by Crippen LogP contribution is 2.24. The van der Waals surface area contributed by atoms with Crippen molar-refractivity contribution in [3.05, 3.63) is 103 Å². The van der Waals surface area contributed by atoms with E-state index < -0.39 is 0 Å². The van der Waals surface area contributed by atoms with Gasteiger partial charge in [0.1, 0.15) is 17.2 Å². The Hall–Kier alpha value is -4.65. The van der Waals surface area contributed by atoms with Crippen LogP contribution in [0.3, 0.4) is 0 Å². The van der Waals surface area contributed by atoms with E-state index >= 15 is 0 Å². The first kappa shape index (κ1) is 20.3. The molecule has 0 radical (unpaired) electrons. The van der Waals surface area contributed by atoms with E-state index in [1.807, 2.05) is 66.7 Å². The fourth-order valence-corrected chi connectivity index (χ4v) is 3.39. The zero-order valence-electron chi connectivity index (χ0n) is 17.8. The van der Waals surface area contributed by atoms with Crippen LogP contribution in [0.5, 0.6) is 17.2 Å². The molecule has 0 saturated heterocycles. The number of rotatable bonds is 6. The Morgan fingerprint density at radius 2 is 1.64 bits per heavy atom. The van der Waals surface area contributed by atoms with Gasteiger partial charge < -0.3 is 14.8 Å². The van der Waals surface area contributed by atoms with Crippen LogP contribution in [0.15, 0.2) is 97.2 Å². The Labute approximate surface area is 190 Å². The summed E-state index contributed by atoms with van der Waals surface area (Å²) in [5.74, 6) is 2.16. The van der Waals surface area contributed by atoms with Crippen LogP contribution in [0, 0.1) is 0 Å². The lowest BCUT2D eigenvalue weighted by Gasteiger charge is -2.07. The molecule has 1 N–H and O–H groups in total. The summed E-state index contributed by atoms with van der Waals surface area (Å²) in [5.41, 5.74) is 2.77. The van der Waals surface area contributed by atoms with Gasteiger partial charge in [-0.05, 0) is 54.6 Å². The molecule has 0 fully saturated rings. The molecule has 5 aromatic rings. The first-order valence-corrected chi connectivity index (χ1v) is 10.3. The number of nitrogens with one attached hydrogen (secondary N) is 1. The number of aromatic nitrogens is 3. The van der Waals surface area contributed by atoms with Crippen LogP contribution in [0.4, 0.5) is 5.82 Å². The predicted octanol–water partition coefficient (Wildman–Crippen LogP) is 5.45. The number of carbonyl (C=O) groups excluding carboxylic acids is 1. The Morgan fingerprint density at radius 3 is 2.48 bits per heavy atom. The van der Waals surface area contributed by atoms with Crippen molar-refractivity contribution in [2.45, 2.75) is 0 Å². The van der Waals surface area contributed by atoms with Crippen molar-refractivity contribution < 1.29 is 14.3 Å². The van der Waals surface area contributed by atoms with Crippen molar-refractivity contribution in [1.29, 1.82) is 0 Å². The summed E-state index contributed by atoms with van der Waals surface area (Å²) < 4.78 is 12.8. The number of nitrogens with zero attached hydrogens (tertiary/aromatic N) is 3. The molecule has 33 heavy (non-hydrogen) atoms. The lowest BCUT2D eigenvalue weighted by Crippen LogP contribution is -2.12. The van der Waals surface area contributed by atoms with Gasteiger partial charge in [-0.1, -0.05) is 36.4 Å². The molecule has 0 saturated carbocycles. The van der Waals surface area contributed by atoms with Gasteiger partial charge in [0.15, 0.2) is 11.5 Å². The third kappa shape index (κ3) is 4.52.